The molecular weight excluding hydrogens is 503 g/mol. The highest BCUT2D eigenvalue weighted by Gasteiger charge is 2.35. The topological polar surface area (TPSA) is 65.8 Å². The molecule has 2 N–H and O–H groups in total. The minimum Gasteiger partial charge on any atom is -0.336 e. The van der Waals surface area contributed by atoms with E-state index in [1.165, 1.54) is 6.42 Å². The molecule has 5 aromatic rings. The third kappa shape index (κ3) is 5.08. The lowest BCUT2D eigenvalue weighted by Crippen LogP contribution is -2.41. The zero-order valence-corrected chi connectivity index (χ0v) is 22.9. The Hall–Kier alpha value is -3.38. The van der Waals surface area contributed by atoms with Gasteiger partial charge in [0.25, 0.3) is 5.56 Å². The van der Waals surface area contributed by atoms with Crippen molar-refractivity contribution >= 4 is 34.1 Å². The Labute approximate surface area is 227 Å². The monoisotopic (exact) mass is 532 g/mol. The summed E-state index contributed by atoms with van der Waals surface area (Å²) >= 11 is 12.4. The molecule has 0 amide bonds. The number of fused-ring (bicyclic) bond motifs is 1. The van der Waals surface area contributed by atoms with Crippen LogP contribution in [0.15, 0.2) is 90.1 Å². The summed E-state index contributed by atoms with van der Waals surface area (Å²) in [5.74, 6) is 0. The lowest BCUT2D eigenvalue weighted by molar-refractivity contribution is 0.596. The molecular formula is C30H30Cl2N4O. The average Bonchev–Trinajstić information content (AvgIpc) is 3.32. The van der Waals surface area contributed by atoms with Gasteiger partial charge in [0.15, 0.2) is 0 Å². The van der Waals surface area contributed by atoms with Crippen molar-refractivity contribution in [1.82, 2.24) is 14.1 Å². The van der Waals surface area contributed by atoms with Gasteiger partial charge in [-0.15, -0.1) is 0 Å². The maximum atomic E-state index is 12.8. The molecule has 0 aliphatic rings. The Morgan fingerprint density at radius 1 is 0.892 bits per heavy atom. The summed E-state index contributed by atoms with van der Waals surface area (Å²) in [6.45, 7) is 4.25. The fourth-order valence-corrected chi connectivity index (χ4v) is 4.83. The highest BCUT2D eigenvalue weighted by molar-refractivity contribution is 6.31. The van der Waals surface area contributed by atoms with Crippen LogP contribution in [0.1, 0.15) is 37.1 Å². The molecule has 2 aromatic heterocycles. The van der Waals surface area contributed by atoms with E-state index in [1.54, 1.807) is 30.2 Å². The van der Waals surface area contributed by atoms with Gasteiger partial charge in [0.05, 0.1) is 23.7 Å². The van der Waals surface area contributed by atoms with Gasteiger partial charge in [-0.25, -0.2) is 4.98 Å². The van der Waals surface area contributed by atoms with Crippen LogP contribution in [0, 0.1) is 0 Å². The van der Waals surface area contributed by atoms with Crippen molar-refractivity contribution in [3.63, 3.8) is 0 Å². The molecule has 0 spiro atoms. The second kappa shape index (κ2) is 10.9. The normalized spacial score (nSPS) is 12.6. The fraction of sp³-hybridized carbons (Fsp3) is 0.200. The highest BCUT2D eigenvalue weighted by atomic mass is 35.5. The second-order valence-corrected chi connectivity index (χ2v) is 9.98. The van der Waals surface area contributed by atoms with Crippen LogP contribution in [-0.2, 0) is 19.6 Å². The number of rotatable bonds is 4. The standard InChI is InChI=1S/C27H22Cl2N4O.C3H8/c1-32-16-31-15-25(32)27(30,18-6-9-20(28)10-7-18)19-8-11-24-23(13-19)22(14-26(34)33(24)2)17-4-3-5-21(29)12-17;1-3-2/h3-16H,30H2,1-2H3;3H2,1-2H3/t27-;/m1./s1. The van der Waals surface area contributed by atoms with Crippen LogP contribution in [0.25, 0.3) is 22.0 Å². The largest absolute Gasteiger partial charge is 0.336 e. The van der Waals surface area contributed by atoms with Gasteiger partial charge in [-0.1, -0.05) is 73.8 Å². The quantitative estimate of drug-likeness (QED) is 0.273. The number of benzene rings is 3. The number of imidazole rings is 1. The number of pyridine rings is 1. The lowest BCUT2D eigenvalue weighted by Gasteiger charge is -2.31. The first-order valence-corrected chi connectivity index (χ1v) is 12.9. The molecule has 0 saturated carbocycles. The molecule has 0 aliphatic carbocycles. The number of aromatic nitrogens is 3. The molecule has 2 heterocycles. The summed E-state index contributed by atoms with van der Waals surface area (Å²) in [7, 11) is 3.68. The Bertz CT molecular complexity index is 1600. The van der Waals surface area contributed by atoms with Crippen molar-refractivity contribution < 1.29 is 0 Å². The first kappa shape index (κ1) is 26.7. The van der Waals surface area contributed by atoms with Gasteiger partial charge in [-0.3, -0.25) is 4.79 Å². The first-order chi connectivity index (χ1) is 17.7. The Balaban J connectivity index is 0.00000102. The molecule has 5 nitrogen and oxygen atoms in total. The maximum Gasteiger partial charge on any atom is 0.251 e. The minimum atomic E-state index is -1.01. The summed E-state index contributed by atoms with van der Waals surface area (Å²) in [4.78, 5) is 17.1. The van der Waals surface area contributed by atoms with Crippen LogP contribution in [0.4, 0.5) is 0 Å². The minimum absolute atomic E-state index is 0.0985. The molecule has 0 fully saturated rings. The maximum absolute atomic E-state index is 12.8. The highest BCUT2D eigenvalue weighted by Crippen LogP contribution is 2.38. The molecule has 0 radical (unpaired) electrons. The lowest BCUT2D eigenvalue weighted by atomic mass is 9.80. The number of hydrogen-bond acceptors (Lipinski definition) is 3. The van der Waals surface area contributed by atoms with Crippen LogP contribution in [0.3, 0.4) is 0 Å². The van der Waals surface area contributed by atoms with E-state index in [2.05, 4.69) is 18.8 Å². The van der Waals surface area contributed by atoms with E-state index >= 15 is 0 Å². The Morgan fingerprint density at radius 2 is 1.57 bits per heavy atom. The summed E-state index contributed by atoms with van der Waals surface area (Å²) in [6, 6.07) is 22.6. The van der Waals surface area contributed by atoms with Crippen molar-refractivity contribution in [3.05, 3.63) is 123 Å². The van der Waals surface area contributed by atoms with E-state index in [4.69, 9.17) is 28.9 Å². The van der Waals surface area contributed by atoms with Crippen LogP contribution in [0.2, 0.25) is 10.0 Å². The van der Waals surface area contributed by atoms with Crippen molar-refractivity contribution in [2.24, 2.45) is 19.8 Å². The zero-order chi connectivity index (χ0) is 26.7. The van der Waals surface area contributed by atoms with E-state index in [9.17, 15) is 4.79 Å². The first-order valence-electron chi connectivity index (χ1n) is 12.1. The Kier molecular flexibility index (Phi) is 7.88. The molecule has 0 unspecified atom stereocenters. The van der Waals surface area contributed by atoms with Crippen LogP contribution in [0.5, 0.6) is 0 Å². The molecule has 1 atom stereocenters. The molecule has 37 heavy (non-hydrogen) atoms. The number of nitrogens with zero attached hydrogens (tertiary/aromatic N) is 3. The average molecular weight is 534 g/mol. The summed E-state index contributed by atoms with van der Waals surface area (Å²) in [6.07, 6.45) is 4.76. The van der Waals surface area contributed by atoms with Crippen molar-refractivity contribution in [2.45, 2.75) is 25.8 Å². The number of halogens is 2. The summed E-state index contributed by atoms with van der Waals surface area (Å²) < 4.78 is 3.55. The van der Waals surface area contributed by atoms with Gasteiger partial charge in [0, 0.05) is 35.6 Å². The molecule has 7 heteroatoms. The smallest absolute Gasteiger partial charge is 0.251 e. The van der Waals surface area contributed by atoms with Crippen molar-refractivity contribution in [3.8, 4) is 11.1 Å². The second-order valence-electron chi connectivity index (χ2n) is 9.11. The van der Waals surface area contributed by atoms with Gasteiger partial charge in [0.1, 0.15) is 5.54 Å². The number of aryl methyl sites for hydroxylation is 2. The SMILES string of the molecule is CCC.Cn1cncc1[C@@](N)(c1ccc(Cl)cc1)c1ccc2c(c1)c(-c1cccc(Cl)c1)cc(=O)n2C. The van der Waals surface area contributed by atoms with Gasteiger partial charge >= 0.3 is 0 Å². The molecule has 0 bridgehead atoms. The van der Waals surface area contributed by atoms with E-state index in [-0.39, 0.29) is 5.56 Å². The molecule has 5 rings (SSSR count). The van der Waals surface area contributed by atoms with Gasteiger partial charge in [0.2, 0.25) is 0 Å². The summed E-state index contributed by atoms with van der Waals surface area (Å²) in [5.41, 5.74) is 11.1. The third-order valence-corrected chi connectivity index (χ3v) is 6.84. The van der Waals surface area contributed by atoms with Crippen LogP contribution in [-0.4, -0.2) is 14.1 Å². The van der Waals surface area contributed by atoms with E-state index in [0.717, 1.165) is 38.9 Å². The zero-order valence-electron chi connectivity index (χ0n) is 21.4. The van der Waals surface area contributed by atoms with E-state index < -0.39 is 5.54 Å². The van der Waals surface area contributed by atoms with E-state index in [0.29, 0.717) is 10.0 Å². The van der Waals surface area contributed by atoms with E-state index in [1.807, 2.05) is 78.3 Å². The van der Waals surface area contributed by atoms with Crippen LogP contribution < -0.4 is 11.3 Å². The predicted octanol–water partition coefficient (Wildman–Crippen LogP) is 6.91. The van der Waals surface area contributed by atoms with Gasteiger partial charge < -0.3 is 14.9 Å². The van der Waals surface area contributed by atoms with Crippen molar-refractivity contribution in [1.29, 1.82) is 0 Å². The molecule has 0 aliphatic heterocycles. The van der Waals surface area contributed by atoms with Gasteiger partial charge in [-0.2, -0.15) is 0 Å². The summed E-state index contributed by atoms with van der Waals surface area (Å²) in [5, 5.41) is 2.13. The molecule has 3 aromatic carbocycles. The van der Waals surface area contributed by atoms with Crippen molar-refractivity contribution in [2.75, 3.05) is 0 Å². The van der Waals surface area contributed by atoms with Crippen LogP contribution >= 0.6 is 23.2 Å². The third-order valence-electron chi connectivity index (χ3n) is 6.36. The fourth-order valence-electron chi connectivity index (χ4n) is 4.51. The number of nitrogens with two attached hydrogens (primary N) is 1. The van der Waals surface area contributed by atoms with Gasteiger partial charge in [-0.05, 0) is 58.7 Å². The Morgan fingerprint density at radius 3 is 2.19 bits per heavy atom. The number of hydrogen-bond donors (Lipinski definition) is 1. The predicted molar refractivity (Wildman–Crippen MR) is 154 cm³/mol. The molecule has 0 saturated heterocycles. The molecule has 190 valence electrons.